The number of nitrogens with zero attached hydrogens (tertiary/aromatic N) is 9. The smallest absolute Gasteiger partial charge is 0.364 e. The van der Waals surface area contributed by atoms with Gasteiger partial charge in [0.25, 0.3) is 5.91 Å². The van der Waals surface area contributed by atoms with E-state index >= 15 is 0 Å². The Balaban J connectivity index is 1.38. The number of H-pyrrole nitrogens is 1. The molecule has 200 valence electrons. The Labute approximate surface area is 218 Å². The highest BCUT2D eigenvalue weighted by Crippen LogP contribution is 2.37. The molecule has 1 amide bonds. The SMILES string of the molecule is C[C@H]1[C@@H](c2cn[nH]c2)N(C(=O)c2cnoc2)[C@@H](C)CN1c1ccnc(-c2cnc3cnc(C(F)(F)F)cn23)n1. The van der Waals surface area contributed by atoms with Crippen molar-refractivity contribution < 1.29 is 22.5 Å². The number of carbonyl (C=O) groups is 1. The number of aromatic amines is 1. The number of rotatable bonds is 4. The largest absolute Gasteiger partial charge is 0.434 e. The number of alkyl halides is 3. The highest BCUT2D eigenvalue weighted by molar-refractivity contribution is 5.94. The summed E-state index contributed by atoms with van der Waals surface area (Å²) in [6, 6.07) is 0.777. The van der Waals surface area contributed by atoms with Crippen LogP contribution in [0.3, 0.4) is 0 Å². The number of carbonyl (C=O) groups excluding carboxylic acids is 1. The number of imidazole rings is 1. The van der Waals surface area contributed by atoms with Gasteiger partial charge in [0.15, 0.2) is 17.2 Å². The maximum Gasteiger partial charge on any atom is 0.434 e. The van der Waals surface area contributed by atoms with Crippen LogP contribution in [-0.2, 0) is 6.18 Å². The first-order valence-corrected chi connectivity index (χ1v) is 11.9. The van der Waals surface area contributed by atoms with Gasteiger partial charge in [-0.1, -0.05) is 5.16 Å². The molecule has 0 bridgehead atoms. The molecular formula is C24H21F3N10O2. The second-order valence-electron chi connectivity index (χ2n) is 9.22. The summed E-state index contributed by atoms with van der Waals surface area (Å²) in [4.78, 5) is 33.9. The number of fused-ring (bicyclic) bond motifs is 1. The fourth-order valence-corrected chi connectivity index (χ4v) is 5.00. The lowest BCUT2D eigenvalue weighted by Gasteiger charge is -2.50. The van der Waals surface area contributed by atoms with Crippen molar-refractivity contribution in [3.05, 3.63) is 72.5 Å². The Bertz CT molecular complexity index is 1620. The normalized spacial score (nSPS) is 20.1. The fraction of sp³-hybridized carbons (Fsp3) is 0.292. The number of amides is 1. The first-order chi connectivity index (χ1) is 18.7. The maximum absolute atomic E-state index is 13.5. The van der Waals surface area contributed by atoms with Crippen LogP contribution in [0.1, 0.15) is 41.5 Å². The zero-order chi connectivity index (χ0) is 27.3. The van der Waals surface area contributed by atoms with Gasteiger partial charge in [0.2, 0.25) is 0 Å². The van der Waals surface area contributed by atoms with E-state index in [2.05, 4.69) is 30.3 Å². The van der Waals surface area contributed by atoms with Gasteiger partial charge in [-0.05, 0) is 19.9 Å². The van der Waals surface area contributed by atoms with Crippen molar-refractivity contribution in [1.29, 1.82) is 0 Å². The molecule has 1 aliphatic rings. The quantitative estimate of drug-likeness (QED) is 0.365. The van der Waals surface area contributed by atoms with Crippen LogP contribution >= 0.6 is 0 Å². The first-order valence-electron chi connectivity index (χ1n) is 11.9. The molecule has 0 unspecified atom stereocenters. The van der Waals surface area contributed by atoms with E-state index < -0.39 is 17.9 Å². The molecule has 0 aromatic carbocycles. The predicted molar refractivity (Wildman–Crippen MR) is 129 cm³/mol. The van der Waals surface area contributed by atoms with Crippen LogP contribution < -0.4 is 4.90 Å². The zero-order valence-corrected chi connectivity index (χ0v) is 20.6. The molecule has 6 rings (SSSR count). The van der Waals surface area contributed by atoms with E-state index in [0.29, 0.717) is 17.9 Å². The number of piperazine rings is 1. The Kier molecular flexibility index (Phi) is 5.77. The van der Waals surface area contributed by atoms with Gasteiger partial charge in [-0.3, -0.25) is 14.3 Å². The lowest BCUT2D eigenvalue weighted by molar-refractivity contribution is -0.141. The maximum atomic E-state index is 13.5. The molecule has 0 aliphatic carbocycles. The van der Waals surface area contributed by atoms with Crippen LogP contribution in [0.4, 0.5) is 19.0 Å². The number of hydrogen-bond acceptors (Lipinski definition) is 9. The molecule has 12 nitrogen and oxygen atoms in total. The van der Waals surface area contributed by atoms with E-state index in [9.17, 15) is 18.0 Å². The monoisotopic (exact) mass is 538 g/mol. The summed E-state index contributed by atoms with van der Waals surface area (Å²) < 4.78 is 46.1. The number of anilines is 1. The van der Waals surface area contributed by atoms with Gasteiger partial charge in [-0.2, -0.15) is 18.3 Å². The summed E-state index contributed by atoms with van der Waals surface area (Å²) in [5.41, 5.74) is 0.597. The van der Waals surface area contributed by atoms with Crippen molar-refractivity contribution in [2.75, 3.05) is 11.4 Å². The minimum Gasteiger partial charge on any atom is -0.364 e. The average Bonchev–Trinajstić information content (AvgIpc) is 3.70. The Morgan fingerprint density at radius 3 is 2.69 bits per heavy atom. The van der Waals surface area contributed by atoms with Gasteiger partial charge in [0.1, 0.15) is 17.8 Å². The topological polar surface area (TPSA) is 134 Å². The van der Waals surface area contributed by atoms with Crippen LogP contribution in [0, 0.1) is 0 Å². The molecule has 6 heterocycles. The van der Waals surface area contributed by atoms with Crippen molar-refractivity contribution in [2.24, 2.45) is 0 Å². The second kappa shape index (κ2) is 9.18. The number of halogens is 3. The molecule has 1 saturated heterocycles. The van der Waals surface area contributed by atoms with Gasteiger partial charge >= 0.3 is 6.18 Å². The van der Waals surface area contributed by atoms with Crippen molar-refractivity contribution >= 4 is 17.4 Å². The summed E-state index contributed by atoms with van der Waals surface area (Å²) in [5, 5.41) is 10.6. The van der Waals surface area contributed by atoms with Gasteiger partial charge < -0.3 is 14.3 Å². The van der Waals surface area contributed by atoms with E-state index in [-0.39, 0.29) is 35.2 Å². The first kappa shape index (κ1) is 24.5. The van der Waals surface area contributed by atoms with Gasteiger partial charge in [0.05, 0.1) is 42.4 Å². The number of hydrogen-bond donors (Lipinski definition) is 1. The summed E-state index contributed by atoms with van der Waals surface area (Å²) in [5.74, 6) is 0.511. The molecule has 1 fully saturated rings. The minimum absolute atomic E-state index is 0.196. The lowest BCUT2D eigenvalue weighted by Crippen LogP contribution is -2.60. The molecule has 0 spiro atoms. The van der Waals surface area contributed by atoms with Crippen LogP contribution in [0.5, 0.6) is 0 Å². The summed E-state index contributed by atoms with van der Waals surface area (Å²) in [6.07, 6.45) is 6.37. The predicted octanol–water partition coefficient (Wildman–Crippen LogP) is 3.40. The molecule has 1 aliphatic heterocycles. The Hall–Kier alpha value is -4.82. The fourth-order valence-electron chi connectivity index (χ4n) is 5.00. The summed E-state index contributed by atoms with van der Waals surface area (Å²) in [7, 11) is 0. The molecule has 1 N–H and O–H groups in total. The number of nitrogens with one attached hydrogen (secondary N) is 1. The highest BCUT2D eigenvalue weighted by atomic mass is 19.4. The zero-order valence-electron chi connectivity index (χ0n) is 20.6. The molecule has 15 heteroatoms. The molecular weight excluding hydrogens is 517 g/mol. The van der Waals surface area contributed by atoms with E-state index in [4.69, 9.17) is 9.51 Å². The Morgan fingerprint density at radius 2 is 1.97 bits per heavy atom. The second-order valence-corrected chi connectivity index (χ2v) is 9.22. The van der Waals surface area contributed by atoms with Gasteiger partial charge in [-0.15, -0.1) is 0 Å². The third-order valence-electron chi connectivity index (χ3n) is 6.81. The minimum atomic E-state index is -4.62. The summed E-state index contributed by atoms with van der Waals surface area (Å²) in [6.45, 7) is 4.32. The van der Waals surface area contributed by atoms with E-state index in [1.54, 1.807) is 29.6 Å². The number of aromatic nitrogens is 8. The standard InChI is InChI=1S/C24H21F3N10O2/c1-13-10-35(14(2)21(15-5-31-32-6-15)37(13)23(38)16-7-33-39-12-16)19-3-4-28-22(34-19)17-8-30-20-9-29-18(11-36(17)20)24(25,26)27/h3-9,11-14,21H,10H2,1-2H3,(H,31,32)/t13-,14-,21-/m0/s1. The third-order valence-corrected chi connectivity index (χ3v) is 6.81. The molecule has 0 saturated carbocycles. The summed E-state index contributed by atoms with van der Waals surface area (Å²) >= 11 is 0. The van der Waals surface area contributed by atoms with Crippen LogP contribution in [0.25, 0.3) is 17.2 Å². The van der Waals surface area contributed by atoms with Crippen LogP contribution in [0.2, 0.25) is 0 Å². The van der Waals surface area contributed by atoms with Crippen molar-refractivity contribution in [1.82, 2.24) is 44.6 Å². The van der Waals surface area contributed by atoms with E-state index in [1.165, 1.54) is 23.1 Å². The van der Waals surface area contributed by atoms with Gasteiger partial charge in [0, 0.05) is 36.7 Å². The third kappa shape index (κ3) is 4.24. The van der Waals surface area contributed by atoms with Crippen molar-refractivity contribution in [2.45, 2.75) is 38.1 Å². The molecule has 5 aromatic rings. The van der Waals surface area contributed by atoms with E-state index in [0.717, 1.165) is 18.0 Å². The van der Waals surface area contributed by atoms with Crippen LogP contribution in [-0.4, -0.2) is 69.1 Å². The van der Waals surface area contributed by atoms with Crippen molar-refractivity contribution in [3.8, 4) is 11.5 Å². The highest BCUT2D eigenvalue weighted by Gasteiger charge is 2.43. The molecule has 39 heavy (non-hydrogen) atoms. The Morgan fingerprint density at radius 1 is 1.13 bits per heavy atom. The lowest BCUT2D eigenvalue weighted by atomic mass is 9.93. The molecule has 5 aromatic heterocycles. The van der Waals surface area contributed by atoms with Crippen molar-refractivity contribution in [3.63, 3.8) is 0 Å². The van der Waals surface area contributed by atoms with E-state index in [1.807, 2.05) is 18.7 Å². The van der Waals surface area contributed by atoms with Gasteiger partial charge in [-0.25, -0.2) is 19.9 Å². The van der Waals surface area contributed by atoms with Crippen LogP contribution in [0.15, 0.2) is 60.2 Å². The molecule has 3 atom stereocenters. The average molecular weight is 538 g/mol. The molecule has 0 radical (unpaired) electrons.